The second-order valence-corrected chi connectivity index (χ2v) is 9.64. The van der Waals surface area contributed by atoms with Gasteiger partial charge >= 0.3 is 0 Å². The minimum atomic E-state index is 0.152. The molecule has 1 amide bonds. The van der Waals surface area contributed by atoms with Gasteiger partial charge in [0.15, 0.2) is 0 Å². The predicted molar refractivity (Wildman–Crippen MR) is 107 cm³/mol. The minimum absolute atomic E-state index is 0.152. The quantitative estimate of drug-likeness (QED) is 0.777. The normalized spacial score (nSPS) is 31.2. The highest BCUT2D eigenvalue weighted by Crippen LogP contribution is 2.61. The maximum Gasteiger partial charge on any atom is 0.225 e. The van der Waals surface area contributed by atoms with Gasteiger partial charge in [0.25, 0.3) is 0 Å². The second kappa shape index (κ2) is 6.66. The lowest BCUT2D eigenvalue weighted by atomic mass is 9.49. The van der Waals surface area contributed by atoms with Crippen LogP contribution in [0.1, 0.15) is 50.5 Å². The number of carbonyl (C=O) groups is 1. The van der Waals surface area contributed by atoms with Gasteiger partial charge < -0.3 is 5.32 Å². The number of anilines is 1. The molecule has 0 spiro atoms. The lowest BCUT2D eigenvalue weighted by Crippen LogP contribution is -2.47. The Kier molecular flexibility index (Phi) is 4.27. The number of halogens is 1. The van der Waals surface area contributed by atoms with Crippen molar-refractivity contribution >= 4 is 23.2 Å². The summed E-state index contributed by atoms with van der Waals surface area (Å²) >= 11 is 6.05. The highest BCUT2D eigenvalue weighted by atomic mass is 35.5. The van der Waals surface area contributed by atoms with E-state index in [0.717, 1.165) is 34.0 Å². The van der Waals surface area contributed by atoms with Crippen LogP contribution < -0.4 is 5.32 Å². The lowest BCUT2D eigenvalue weighted by molar-refractivity contribution is -0.124. The molecule has 4 bridgehead atoms. The highest BCUT2D eigenvalue weighted by Gasteiger charge is 2.51. The summed E-state index contributed by atoms with van der Waals surface area (Å²) in [6.45, 7) is 0.644. The first-order valence-electron chi connectivity index (χ1n) is 10.1. The average Bonchev–Trinajstić information content (AvgIpc) is 2.99. The summed E-state index contributed by atoms with van der Waals surface area (Å²) in [4.78, 5) is 12.7. The first kappa shape index (κ1) is 17.3. The third-order valence-corrected chi connectivity index (χ3v) is 7.09. The van der Waals surface area contributed by atoms with E-state index in [2.05, 4.69) is 10.4 Å². The first-order valence-corrected chi connectivity index (χ1v) is 10.5. The van der Waals surface area contributed by atoms with Crippen LogP contribution in [0.2, 0.25) is 5.02 Å². The summed E-state index contributed by atoms with van der Waals surface area (Å²) in [6.07, 6.45) is 12.4. The largest absolute Gasteiger partial charge is 0.323 e. The molecule has 0 unspecified atom stereocenters. The molecular formula is C22H26ClN3O. The molecule has 27 heavy (non-hydrogen) atoms. The van der Waals surface area contributed by atoms with Gasteiger partial charge in [0, 0.05) is 17.6 Å². The molecule has 1 aromatic carbocycles. The van der Waals surface area contributed by atoms with E-state index in [1.165, 1.54) is 38.5 Å². The van der Waals surface area contributed by atoms with E-state index >= 15 is 0 Å². The number of carbonyl (C=O) groups excluding carboxylic acids is 1. The summed E-state index contributed by atoms with van der Waals surface area (Å²) in [5, 5.41) is 8.19. The van der Waals surface area contributed by atoms with Gasteiger partial charge in [-0.15, -0.1) is 0 Å². The fourth-order valence-corrected chi connectivity index (χ4v) is 6.60. The van der Waals surface area contributed by atoms with Crippen molar-refractivity contribution in [1.82, 2.24) is 9.78 Å². The molecule has 6 rings (SSSR count). The van der Waals surface area contributed by atoms with Crippen molar-refractivity contribution in [2.24, 2.45) is 23.2 Å². The standard InChI is InChI=1S/C22H26ClN3O/c23-19-3-1-2-15(7-19)13-26-14-20(12-24-26)25-21(27)11-22-8-16-4-17(9-22)6-18(5-16)10-22/h1-3,7,12,14,16-18H,4-6,8-11,13H2,(H,25,27). The molecule has 2 aromatic rings. The van der Waals surface area contributed by atoms with Crippen LogP contribution in [0.15, 0.2) is 36.7 Å². The first-order chi connectivity index (χ1) is 13.1. The Labute approximate surface area is 165 Å². The summed E-state index contributed by atoms with van der Waals surface area (Å²) in [7, 11) is 0. The number of hydrogen-bond acceptors (Lipinski definition) is 2. The monoisotopic (exact) mass is 383 g/mol. The van der Waals surface area contributed by atoms with Crippen molar-refractivity contribution in [1.29, 1.82) is 0 Å². The van der Waals surface area contributed by atoms with Gasteiger partial charge in [-0.3, -0.25) is 9.48 Å². The average molecular weight is 384 g/mol. The molecule has 142 valence electrons. The van der Waals surface area contributed by atoms with Gasteiger partial charge in [0.1, 0.15) is 0 Å². The minimum Gasteiger partial charge on any atom is -0.323 e. The van der Waals surface area contributed by atoms with Crippen molar-refractivity contribution in [3.8, 4) is 0 Å². The molecular weight excluding hydrogens is 358 g/mol. The van der Waals surface area contributed by atoms with Crippen LogP contribution in [0.4, 0.5) is 5.69 Å². The van der Waals surface area contributed by atoms with Gasteiger partial charge in [-0.2, -0.15) is 5.10 Å². The zero-order valence-corrected chi connectivity index (χ0v) is 16.3. The van der Waals surface area contributed by atoms with Crippen molar-refractivity contribution in [3.05, 3.63) is 47.2 Å². The van der Waals surface area contributed by atoms with Crippen LogP contribution in [0, 0.1) is 23.2 Å². The number of amides is 1. The third-order valence-electron chi connectivity index (χ3n) is 6.85. The highest BCUT2D eigenvalue weighted by molar-refractivity contribution is 6.30. The van der Waals surface area contributed by atoms with E-state index in [0.29, 0.717) is 13.0 Å². The fourth-order valence-electron chi connectivity index (χ4n) is 6.39. The second-order valence-electron chi connectivity index (χ2n) is 9.20. The van der Waals surface area contributed by atoms with E-state index in [4.69, 9.17) is 11.6 Å². The number of aromatic nitrogens is 2. The molecule has 4 saturated carbocycles. The third kappa shape index (κ3) is 3.64. The predicted octanol–water partition coefficient (Wildman–Crippen LogP) is 5.13. The fraction of sp³-hybridized carbons (Fsp3) is 0.545. The number of nitrogens with one attached hydrogen (secondary N) is 1. The smallest absolute Gasteiger partial charge is 0.225 e. The lowest BCUT2D eigenvalue weighted by Gasteiger charge is -2.56. The van der Waals surface area contributed by atoms with Gasteiger partial charge in [-0.05, 0) is 79.4 Å². The van der Waals surface area contributed by atoms with Crippen LogP contribution >= 0.6 is 11.6 Å². The maximum atomic E-state index is 12.7. The molecule has 1 heterocycles. The topological polar surface area (TPSA) is 46.9 Å². The van der Waals surface area contributed by atoms with E-state index in [9.17, 15) is 4.79 Å². The van der Waals surface area contributed by atoms with Crippen molar-refractivity contribution in [2.45, 2.75) is 51.5 Å². The van der Waals surface area contributed by atoms with E-state index in [-0.39, 0.29) is 11.3 Å². The van der Waals surface area contributed by atoms with Gasteiger partial charge in [-0.1, -0.05) is 23.7 Å². The molecule has 4 nitrogen and oxygen atoms in total. The molecule has 0 atom stereocenters. The zero-order chi connectivity index (χ0) is 18.4. The molecule has 5 heteroatoms. The molecule has 1 N–H and O–H groups in total. The van der Waals surface area contributed by atoms with Gasteiger partial charge in [-0.25, -0.2) is 0 Å². The summed E-state index contributed by atoms with van der Waals surface area (Å²) < 4.78 is 1.84. The van der Waals surface area contributed by atoms with Gasteiger partial charge in [0.05, 0.1) is 18.4 Å². The number of benzene rings is 1. The Hall–Kier alpha value is -1.81. The Bertz CT molecular complexity index is 823. The Balaban J connectivity index is 1.21. The van der Waals surface area contributed by atoms with Crippen LogP contribution in [0.3, 0.4) is 0 Å². The maximum absolute atomic E-state index is 12.7. The summed E-state index contributed by atoms with van der Waals surface area (Å²) in [6, 6.07) is 7.77. The molecule has 4 aliphatic rings. The Morgan fingerprint density at radius 2 is 1.89 bits per heavy atom. The van der Waals surface area contributed by atoms with Crippen LogP contribution in [-0.4, -0.2) is 15.7 Å². The van der Waals surface area contributed by atoms with Crippen LogP contribution in [-0.2, 0) is 11.3 Å². The van der Waals surface area contributed by atoms with Crippen LogP contribution in [0.25, 0.3) is 0 Å². The number of nitrogens with zero attached hydrogens (tertiary/aromatic N) is 2. The zero-order valence-electron chi connectivity index (χ0n) is 15.5. The number of rotatable bonds is 5. The molecule has 0 saturated heterocycles. The van der Waals surface area contributed by atoms with E-state index in [1.54, 1.807) is 6.20 Å². The Morgan fingerprint density at radius 3 is 2.56 bits per heavy atom. The van der Waals surface area contributed by atoms with E-state index < -0.39 is 0 Å². The molecule has 0 aliphatic heterocycles. The molecule has 0 radical (unpaired) electrons. The molecule has 1 aromatic heterocycles. The molecule has 4 aliphatic carbocycles. The number of hydrogen-bond donors (Lipinski definition) is 1. The summed E-state index contributed by atoms with van der Waals surface area (Å²) in [5.41, 5.74) is 2.15. The Morgan fingerprint density at radius 1 is 1.19 bits per heavy atom. The van der Waals surface area contributed by atoms with Crippen molar-refractivity contribution in [3.63, 3.8) is 0 Å². The van der Waals surface area contributed by atoms with Crippen molar-refractivity contribution in [2.75, 3.05) is 5.32 Å². The molecule has 4 fully saturated rings. The van der Waals surface area contributed by atoms with Crippen molar-refractivity contribution < 1.29 is 4.79 Å². The van der Waals surface area contributed by atoms with E-state index in [1.807, 2.05) is 35.1 Å². The SMILES string of the molecule is O=C(CC12CC3CC(CC(C3)C1)C2)Nc1cnn(Cc2cccc(Cl)c2)c1. The van der Waals surface area contributed by atoms with Crippen LogP contribution in [0.5, 0.6) is 0 Å². The summed E-state index contributed by atoms with van der Waals surface area (Å²) in [5.74, 6) is 2.79. The van der Waals surface area contributed by atoms with Gasteiger partial charge in [0.2, 0.25) is 5.91 Å².